The number of halogens is 2. The second kappa shape index (κ2) is 9.82. The molecule has 0 spiro atoms. The van der Waals surface area contributed by atoms with Gasteiger partial charge in [-0.2, -0.15) is 5.10 Å². The Kier molecular flexibility index (Phi) is 7.14. The highest BCUT2D eigenvalue weighted by atomic mass is 35.5. The van der Waals surface area contributed by atoms with Crippen LogP contribution < -0.4 is 16.4 Å². The number of hydrogen-bond acceptors (Lipinski definition) is 7. The molecule has 1 amide bonds. The van der Waals surface area contributed by atoms with Gasteiger partial charge in [-0.05, 0) is 39.0 Å². The Morgan fingerprint density at radius 2 is 2.06 bits per heavy atom. The molecule has 2 aromatic heterocycles. The summed E-state index contributed by atoms with van der Waals surface area (Å²) in [4.78, 5) is 20.1. The molecule has 0 radical (unpaired) electrons. The summed E-state index contributed by atoms with van der Waals surface area (Å²) in [5.74, 6) is -0.154. The molecule has 0 aliphatic carbocycles. The average Bonchev–Trinajstić information content (AvgIpc) is 3.20. The van der Waals surface area contributed by atoms with Gasteiger partial charge in [-0.15, -0.1) is 0 Å². The number of nitrogens with zero attached hydrogens (tertiary/aromatic N) is 4. The van der Waals surface area contributed by atoms with E-state index in [1.807, 2.05) is 27.0 Å². The van der Waals surface area contributed by atoms with Crippen molar-refractivity contribution in [3.63, 3.8) is 0 Å². The lowest BCUT2D eigenvalue weighted by molar-refractivity contribution is 0.168. The van der Waals surface area contributed by atoms with E-state index in [4.69, 9.17) is 17.3 Å². The van der Waals surface area contributed by atoms with Crippen molar-refractivity contribution in [2.45, 2.75) is 32.9 Å². The van der Waals surface area contributed by atoms with Crippen molar-refractivity contribution < 1.29 is 13.9 Å². The zero-order valence-corrected chi connectivity index (χ0v) is 18.9. The van der Waals surface area contributed by atoms with Gasteiger partial charge in [-0.25, -0.2) is 19.2 Å². The number of carbonyl (C=O) groups excluding carboxylic acids is 1. The number of amides is 1. The second-order valence-corrected chi connectivity index (χ2v) is 7.88. The lowest BCUT2D eigenvalue weighted by Gasteiger charge is -2.14. The van der Waals surface area contributed by atoms with E-state index >= 15 is 0 Å². The first-order chi connectivity index (χ1) is 15.2. The van der Waals surface area contributed by atoms with Gasteiger partial charge in [0.05, 0.1) is 23.5 Å². The van der Waals surface area contributed by atoms with Gasteiger partial charge in [-0.1, -0.05) is 11.6 Å². The van der Waals surface area contributed by atoms with Crippen molar-refractivity contribution in [2.24, 2.45) is 0 Å². The normalized spacial score (nSPS) is 12.0. The number of carbonyl (C=O) groups is 1. The number of aromatic nitrogens is 4. The van der Waals surface area contributed by atoms with Gasteiger partial charge in [0.15, 0.2) is 0 Å². The minimum atomic E-state index is -0.522. The van der Waals surface area contributed by atoms with E-state index in [0.717, 1.165) is 0 Å². The molecule has 0 aliphatic heterocycles. The fourth-order valence-corrected chi connectivity index (χ4v) is 3.17. The number of nitrogens with two attached hydrogens (primary N) is 1. The molecule has 0 aliphatic rings. The van der Waals surface area contributed by atoms with Crippen LogP contribution in [-0.4, -0.2) is 45.5 Å². The number of hydrogen-bond donors (Lipinski definition) is 3. The van der Waals surface area contributed by atoms with Gasteiger partial charge in [0.25, 0.3) is 0 Å². The summed E-state index contributed by atoms with van der Waals surface area (Å²) in [5, 5.41) is 10.6. The molecule has 32 heavy (non-hydrogen) atoms. The van der Waals surface area contributed by atoms with E-state index in [-0.39, 0.29) is 22.8 Å². The SMILES string of the molecule is COC(=O)NC(C)CNc1nccc(-c2cn(C(C)C)nc2-c2cc(F)cc(N)c2Cl)n1. The molecule has 2 heterocycles. The quantitative estimate of drug-likeness (QED) is 0.452. The third-order valence-electron chi connectivity index (χ3n) is 4.63. The fourth-order valence-electron chi connectivity index (χ4n) is 2.97. The Balaban J connectivity index is 1.96. The number of rotatable bonds is 7. The molecule has 3 rings (SSSR count). The summed E-state index contributed by atoms with van der Waals surface area (Å²) >= 11 is 6.39. The van der Waals surface area contributed by atoms with Gasteiger partial charge in [-0.3, -0.25) is 4.68 Å². The minimum Gasteiger partial charge on any atom is -0.453 e. The zero-order valence-electron chi connectivity index (χ0n) is 18.2. The summed E-state index contributed by atoms with van der Waals surface area (Å²) in [5.41, 5.74) is 8.05. The van der Waals surface area contributed by atoms with Gasteiger partial charge in [0.2, 0.25) is 5.95 Å². The minimum absolute atomic E-state index is 0.0526. The predicted octanol–water partition coefficient (Wildman–Crippen LogP) is 4.12. The molecule has 9 nitrogen and oxygen atoms in total. The molecule has 0 saturated carbocycles. The Labute approximate surface area is 190 Å². The van der Waals surface area contributed by atoms with E-state index in [1.54, 1.807) is 16.9 Å². The summed E-state index contributed by atoms with van der Waals surface area (Å²) in [7, 11) is 1.30. The smallest absolute Gasteiger partial charge is 0.407 e. The van der Waals surface area contributed by atoms with Gasteiger partial charge in [0, 0.05) is 42.1 Å². The molecule has 0 fully saturated rings. The first-order valence-corrected chi connectivity index (χ1v) is 10.3. The van der Waals surface area contributed by atoms with Gasteiger partial charge < -0.3 is 21.1 Å². The van der Waals surface area contributed by atoms with Crippen LogP contribution in [0.5, 0.6) is 0 Å². The third kappa shape index (κ3) is 5.25. The molecule has 11 heteroatoms. The molecule has 0 bridgehead atoms. The van der Waals surface area contributed by atoms with Crippen molar-refractivity contribution in [1.29, 1.82) is 0 Å². The molecule has 0 saturated heterocycles. The highest BCUT2D eigenvalue weighted by Gasteiger charge is 2.20. The number of ether oxygens (including phenoxy) is 1. The van der Waals surface area contributed by atoms with Crippen LogP contribution >= 0.6 is 11.6 Å². The van der Waals surface area contributed by atoms with Crippen molar-refractivity contribution in [3.8, 4) is 22.5 Å². The number of alkyl carbamates (subject to hydrolysis) is 1. The number of nitrogens with one attached hydrogen (secondary N) is 2. The maximum Gasteiger partial charge on any atom is 0.407 e. The molecule has 170 valence electrons. The number of methoxy groups -OCH3 is 1. The highest BCUT2D eigenvalue weighted by Crippen LogP contribution is 2.38. The Hall–Kier alpha value is -3.40. The van der Waals surface area contributed by atoms with Crippen LogP contribution in [0.15, 0.2) is 30.6 Å². The topological polar surface area (TPSA) is 120 Å². The predicted molar refractivity (Wildman–Crippen MR) is 122 cm³/mol. The standard InChI is InChI=1S/C21H25ClFN7O2/c1-11(2)30-10-15(19(29-30)14-7-13(23)8-16(24)18(14)22)17-5-6-25-20(28-17)26-9-12(3)27-21(31)32-4/h5-8,10-12H,9,24H2,1-4H3,(H,27,31)(H,25,26,28). The largest absolute Gasteiger partial charge is 0.453 e. The van der Waals surface area contributed by atoms with Crippen LogP contribution in [0.4, 0.5) is 20.8 Å². The molecular weight excluding hydrogens is 437 g/mol. The van der Waals surface area contributed by atoms with Gasteiger partial charge in [0.1, 0.15) is 11.5 Å². The van der Waals surface area contributed by atoms with Crippen LogP contribution in [0.3, 0.4) is 0 Å². The second-order valence-electron chi connectivity index (χ2n) is 7.51. The maximum absolute atomic E-state index is 14.1. The molecule has 1 aromatic carbocycles. The first-order valence-electron chi connectivity index (χ1n) is 9.95. The number of nitrogen functional groups attached to an aromatic ring is 1. The van der Waals surface area contributed by atoms with Gasteiger partial charge >= 0.3 is 6.09 Å². The van der Waals surface area contributed by atoms with Crippen molar-refractivity contribution in [1.82, 2.24) is 25.1 Å². The lowest BCUT2D eigenvalue weighted by Crippen LogP contribution is -2.37. The Morgan fingerprint density at radius 3 is 2.75 bits per heavy atom. The van der Waals surface area contributed by atoms with Crippen LogP contribution in [0.1, 0.15) is 26.8 Å². The molecule has 4 N–H and O–H groups in total. The summed E-state index contributed by atoms with van der Waals surface area (Å²) in [6, 6.07) is 4.03. The van der Waals surface area contributed by atoms with Crippen molar-refractivity contribution in [2.75, 3.05) is 24.7 Å². The molecule has 1 unspecified atom stereocenters. The summed E-state index contributed by atoms with van der Waals surface area (Å²) < 4.78 is 20.4. The van der Waals surface area contributed by atoms with E-state index < -0.39 is 11.9 Å². The van der Waals surface area contributed by atoms with E-state index in [0.29, 0.717) is 35.0 Å². The molecule has 3 aromatic rings. The number of benzene rings is 1. The average molecular weight is 462 g/mol. The van der Waals surface area contributed by atoms with Crippen LogP contribution in [0.2, 0.25) is 5.02 Å². The van der Waals surface area contributed by atoms with Crippen LogP contribution in [-0.2, 0) is 4.74 Å². The van der Waals surface area contributed by atoms with Crippen LogP contribution in [0.25, 0.3) is 22.5 Å². The molecular formula is C21H25ClFN7O2. The fraction of sp³-hybridized carbons (Fsp3) is 0.333. The van der Waals surface area contributed by atoms with E-state index in [1.165, 1.54) is 19.2 Å². The highest BCUT2D eigenvalue weighted by molar-refractivity contribution is 6.35. The summed E-state index contributed by atoms with van der Waals surface area (Å²) in [6.07, 6.45) is 2.90. The zero-order chi connectivity index (χ0) is 23.4. The molecule has 1 atom stereocenters. The first kappa shape index (κ1) is 23.3. The van der Waals surface area contributed by atoms with E-state index in [2.05, 4.69) is 30.4 Å². The lowest BCUT2D eigenvalue weighted by atomic mass is 10.0. The monoisotopic (exact) mass is 461 g/mol. The summed E-state index contributed by atoms with van der Waals surface area (Å²) in [6.45, 7) is 6.15. The van der Waals surface area contributed by atoms with Crippen molar-refractivity contribution >= 4 is 29.3 Å². The number of anilines is 2. The Morgan fingerprint density at radius 1 is 1.31 bits per heavy atom. The van der Waals surface area contributed by atoms with Crippen molar-refractivity contribution in [3.05, 3.63) is 41.4 Å². The third-order valence-corrected chi connectivity index (χ3v) is 5.05. The Bertz CT molecular complexity index is 1120. The van der Waals surface area contributed by atoms with E-state index in [9.17, 15) is 9.18 Å². The van der Waals surface area contributed by atoms with Crippen LogP contribution in [0, 0.1) is 5.82 Å². The maximum atomic E-state index is 14.1.